The van der Waals surface area contributed by atoms with Gasteiger partial charge in [0.2, 0.25) is 23.6 Å². The summed E-state index contributed by atoms with van der Waals surface area (Å²) in [6.07, 6.45) is 10.3. The van der Waals surface area contributed by atoms with Gasteiger partial charge in [0.25, 0.3) is 5.89 Å². The molecule has 47 heteroatoms. The maximum Gasteiger partial charge on any atom is 0.573 e. The summed E-state index contributed by atoms with van der Waals surface area (Å²) in [6.45, 7) is 5.01. The largest absolute Gasteiger partial charge is 0.573 e. The van der Waals surface area contributed by atoms with Crippen molar-refractivity contribution in [1.29, 1.82) is 0 Å². The van der Waals surface area contributed by atoms with Crippen molar-refractivity contribution in [3.05, 3.63) is 366 Å². The van der Waals surface area contributed by atoms with Crippen LogP contribution in [0, 0.1) is 13.8 Å². The van der Waals surface area contributed by atoms with Crippen molar-refractivity contribution in [2.45, 2.75) is 76.6 Å². The van der Waals surface area contributed by atoms with E-state index in [1.165, 1.54) is 45.0 Å². The Balaban J connectivity index is 0.0000000964. The molecule has 0 unspecified atom stereocenters. The molecule has 0 fully saturated rings. The molecule has 8 aliphatic rings. The standard InChI is InChI=1S/C22H15F3N6O2.C22H15F3N6O.C21H15BrN6O.C15H10ClN7O.C15H10ClN7S/c23-22(24,25)33-15-6-7-17-18(9-15)31-14(10-27-29-31)8-19-20(26-12-30(17)19)21-28-16(11-32-21)13-4-2-1-3-5-13;23-22(24,25)14-6-7-17-18(8-14)31-15(10-27-29-31)9-19-20(26-12-30(17)19)21-28-16(11-32-21)13-4-2-1-3-5-13;22-14-6-7-17-18(8-14)28-15(10-24-26-28)9-19-20(23-12-27(17)19)21-25-16(11-29-21)13-4-2-1-3-5-13;2*1-8-19-20-15(24-8)14-13-5-10-6-18-21-23(10)12-4-9(16)2-3-11(12)22(13)7-17-14/h1-7,9-10,12,16H,8,11H2;1-8,10,12,16H,9,11H2;1-8,10,12,16H,9,11H2;2*2-4,6-7H,5H2,1H3/t3*16-;;/m000../s1. The van der Waals surface area contributed by atoms with Crippen molar-refractivity contribution in [2.24, 2.45) is 15.0 Å². The number of hydrogen-bond donors (Lipinski definition) is 0. The molecular weight excluding hydrogens is 1970 g/mol. The van der Waals surface area contributed by atoms with E-state index in [1.54, 1.807) is 70.7 Å². The zero-order valence-corrected chi connectivity index (χ0v) is 77.6. The van der Waals surface area contributed by atoms with Crippen LogP contribution in [0.1, 0.15) is 125 Å². The second-order valence-electron chi connectivity index (χ2n) is 33.2. The Morgan fingerprint density at radius 3 is 1.11 bits per heavy atom. The third kappa shape index (κ3) is 16.3. The highest BCUT2D eigenvalue weighted by atomic mass is 79.9. The lowest BCUT2D eigenvalue weighted by Crippen LogP contribution is -2.17. The number of aliphatic imine (C=N–C) groups is 3. The molecule has 704 valence electrons. The third-order valence-electron chi connectivity index (χ3n) is 24.5. The van der Waals surface area contributed by atoms with Crippen LogP contribution in [0.15, 0.2) is 268 Å². The monoisotopic (exact) mass is 2030 g/mol. The Labute approximate surface area is 818 Å². The maximum absolute atomic E-state index is 13.3. The maximum atomic E-state index is 13.3. The lowest BCUT2D eigenvalue weighted by atomic mass is 10.1. The molecule has 12 aromatic heterocycles. The Morgan fingerprint density at radius 1 is 0.373 bits per heavy atom. The molecule has 8 aliphatic heterocycles. The molecule has 3 atom stereocenters. The van der Waals surface area contributed by atoms with Gasteiger partial charge in [-0.05, 0) is 109 Å². The summed E-state index contributed by atoms with van der Waals surface area (Å²) in [5.74, 6) is 1.99. The number of halogens is 9. The highest BCUT2D eigenvalue weighted by Crippen LogP contribution is 2.43. The van der Waals surface area contributed by atoms with Gasteiger partial charge in [-0.3, -0.25) is 22.8 Å². The van der Waals surface area contributed by atoms with Gasteiger partial charge < -0.3 is 23.4 Å². The van der Waals surface area contributed by atoms with Crippen molar-refractivity contribution in [3.63, 3.8) is 0 Å². The van der Waals surface area contributed by atoms with Gasteiger partial charge >= 0.3 is 12.5 Å². The molecule has 0 amide bonds. The summed E-state index contributed by atoms with van der Waals surface area (Å²) in [6, 6.07) is 54.7. The van der Waals surface area contributed by atoms with E-state index in [1.807, 2.05) is 161 Å². The SMILES string of the molecule is Brc1ccc2c(c1)-n1nncc1Cc1c(C3=N[C@H](c4ccccc4)CO3)ncn1-2.Cc1nnc(-c2ncn3c2Cc2cnnn2-c2cc(Cl)ccc2-3)o1.Cc1nnc(-c2ncn3c2Cc2cnnn2-c2cc(Cl)ccc2-3)s1.FC(F)(F)Oc1ccc2c(c1)-n1nncc1Cc1c(C3=N[C@H](c4ccccc4)CO3)ncn1-2.FC(F)(F)c1ccc2c(c1)-n1nncc1Cc1c(C3=N[C@H](c4ccccc4)CO3)ncn1-2. The topological polar surface area (TPSA) is 381 Å². The average molecular weight is 2030 g/mol. The summed E-state index contributed by atoms with van der Waals surface area (Å²) < 4.78 is 125. The highest BCUT2D eigenvalue weighted by molar-refractivity contribution is 9.10. The van der Waals surface area contributed by atoms with E-state index in [0.29, 0.717) is 137 Å². The molecule has 37 nitrogen and oxygen atoms in total. The first-order valence-corrected chi connectivity index (χ1v) is 46.2. The van der Waals surface area contributed by atoms with E-state index in [-0.39, 0.29) is 29.6 Å². The van der Waals surface area contributed by atoms with E-state index in [2.05, 4.69) is 145 Å². The number of alkyl halides is 6. The van der Waals surface area contributed by atoms with Crippen LogP contribution < -0.4 is 4.74 Å². The predicted molar refractivity (Wildman–Crippen MR) is 503 cm³/mol. The number of aryl methyl sites for hydroxylation is 2. The lowest BCUT2D eigenvalue weighted by molar-refractivity contribution is -0.274. The fourth-order valence-corrected chi connectivity index (χ4v) is 19.4. The number of benzene rings is 8. The summed E-state index contributed by atoms with van der Waals surface area (Å²) >= 11 is 17.5. The van der Waals surface area contributed by atoms with Crippen LogP contribution in [0.4, 0.5) is 26.3 Å². The summed E-state index contributed by atoms with van der Waals surface area (Å²) in [5, 5.41) is 60.2. The molecule has 28 rings (SSSR count). The number of aromatic nitrogens is 29. The fourth-order valence-electron chi connectivity index (χ4n) is 18.0. The van der Waals surface area contributed by atoms with Gasteiger partial charge in [-0.15, -0.1) is 59.1 Å². The molecule has 0 saturated carbocycles. The number of ether oxygens (including phenoxy) is 4. The van der Waals surface area contributed by atoms with Crippen molar-refractivity contribution in [3.8, 4) is 84.9 Å². The highest BCUT2D eigenvalue weighted by Gasteiger charge is 2.39. The Morgan fingerprint density at radius 2 is 0.725 bits per heavy atom. The fraction of sp³-hybridized carbons (Fsp3) is 0.158. The van der Waals surface area contributed by atoms with Crippen LogP contribution in [0.2, 0.25) is 10.0 Å². The smallest absolute Gasteiger partial charge is 0.474 e. The second-order valence-corrected chi connectivity index (χ2v) is 36.2. The molecule has 0 aliphatic carbocycles. The Hall–Kier alpha value is -16.9. The van der Waals surface area contributed by atoms with Crippen molar-refractivity contribution in [2.75, 3.05) is 19.8 Å². The first-order chi connectivity index (χ1) is 69.1. The van der Waals surface area contributed by atoms with Gasteiger partial charge in [-0.1, -0.05) is 168 Å². The second kappa shape index (κ2) is 35.5. The van der Waals surface area contributed by atoms with E-state index in [4.69, 9.17) is 56.8 Å². The van der Waals surface area contributed by atoms with Crippen LogP contribution in [-0.4, -0.2) is 187 Å². The van der Waals surface area contributed by atoms with Crippen LogP contribution >= 0.6 is 50.5 Å². The van der Waals surface area contributed by atoms with E-state index < -0.39 is 18.1 Å². The van der Waals surface area contributed by atoms with E-state index in [9.17, 15) is 26.3 Å². The zero-order valence-electron chi connectivity index (χ0n) is 73.6. The van der Waals surface area contributed by atoms with Crippen molar-refractivity contribution < 1.29 is 49.7 Å². The number of hydrogen-bond acceptors (Lipinski definition) is 28. The lowest BCUT2D eigenvalue weighted by Gasteiger charge is -2.13. The van der Waals surface area contributed by atoms with Crippen LogP contribution in [0.25, 0.3) is 79.2 Å². The van der Waals surface area contributed by atoms with Crippen LogP contribution in [-0.2, 0) is 52.5 Å². The quantitative estimate of drug-likeness (QED) is 0.121. The molecule has 8 aromatic carbocycles. The molecule has 0 saturated heterocycles. The molecule has 0 N–H and O–H groups in total. The van der Waals surface area contributed by atoms with Gasteiger partial charge in [0.05, 0.1) is 150 Å². The minimum absolute atomic E-state index is 0.00948. The molecule has 0 bridgehead atoms. The zero-order chi connectivity index (χ0) is 96.3. The minimum atomic E-state index is -4.80. The Bertz CT molecular complexity index is 8220. The first kappa shape index (κ1) is 87.8. The predicted octanol–water partition coefficient (Wildman–Crippen LogP) is 16.5. The number of nitrogens with zero attached hydrogens (tertiary/aromatic N) is 32. The summed E-state index contributed by atoms with van der Waals surface area (Å²) in [5.41, 5.74) is 21.9. The molecule has 0 radical (unpaired) electrons. The molecule has 0 spiro atoms. The summed E-state index contributed by atoms with van der Waals surface area (Å²) in [4.78, 5) is 37.1. The van der Waals surface area contributed by atoms with Crippen LogP contribution in [0.5, 0.6) is 5.75 Å². The third-order valence-corrected chi connectivity index (χ3v) is 26.3. The molecular formula is C95H65BrCl2F6N32O5S. The summed E-state index contributed by atoms with van der Waals surface area (Å²) in [7, 11) is 0. The van der Waals surface area contributed by atoms with Crippen molar-refractivity contribution >= 4 is 68.2 Å². The first-order valence-electron chi connectivity index (χ1n) is 43.8. The van der Waals surface area contributed by atoms with Gasteiger partial charge in [0.15, 0.2) is 5.01 Å². The van der Waals surface area contributed by atoms with Crippen molar-refractivity contribution in [1.82, 2.24) is 143 Å². The van der Waals surface area contributed by atoms with Crippen LogP contribution in [0.3, 0.4) is 0 Å². The number of rotatable bonds is 9. The Kier molecular flexibility index (Phi) is 21.9. The van der Waals surface area contributed by atoms with Gasteiger partial charge in [-0.25, -0.2) is 63.3 Å². The minimum Gasteiger partial charge on any atom is -0.474 e. The number of imidazole rings is 5. The van der Waals surface area contributed by atoms with E-state index in [0.717, 1.165) is 134 Å². The average Bonchev–Trinajstić information content (AvgIpc) is 1.61. The van der Waals surface area contributed by atoms with Gasteiger partial charge in [-0.2, -0.15) is 13.2 Å². The normalized spacial score (nSPS) is 15.4. The molecule has 142 heavy (non-hydrogen) atoms. The number of fused-ring (bicyclic) bond motifs is 25. The molecule has 20 aromatic rings. The van der Waals surface area contributed by atoms with E-state index >= 15 is 0 Å². The van der Waals surface area contributed by atoms with Gasteiger partial charge in [0.1, 0.15) is 109 Å². The van der Waals surface area contributed by atoms with Gasteiger partial charge in [0, 0.05) is 59.6 Å². The molecule has 20 heterocycles.